The average molecular weight is 298 g/mol. The van der Waals surface area contributed by atoms with Gasteiger partial charge in [-0.25, -0.2) is 13.1 Å². The van der Waals surface area contributed by atoms with Gasteiger partial charge in [-0.1, -0.05) is 0 Å². The third-order valence-corrected chi connectivity index (χ3v) is 5.09. The number of nitrogens with one attached hydrogen (secondary N) is 1. The van der Waals surface area contributed by atoms with E-state index in [9.17, 15) is 8.42 Å². The van der Waals surface area contributed by atoms with Crippen LogP contribution in [-0.2, 0) is 10.0 Å². The summed E-state index contributed by atoms with van der Waals surface area (Å²) < 4.78 is 32.4. The van der Waals surface area contributed by atoms with Crippen LogP contribution >= 0.6 is 0 Å². The highest BCUT2D eigenvalue weighted by Crippen LogP contribution is 2.31. The largest absolute Gasteiger partial charge is 0.496 e. The molecule has 1 atom stereocenters. The van der Waals surface area contributed by atoms with Crippen LogP contribution in [0.2, 0.25) is 0 Å². The number of methoxy groups -OCH3 is 1. The van der Waals surface area contributed by atoms with Gasteiger partial charge >= 0.3 is 0 Å². The van der Waals surface area contributed by atoms with E-state index in [1.54, 1.807) is 19.2 Å². The van der Waals surface area contributed by atoms with Gasteiger partial charge in [-0.15, -0.1) is 0 Å². The molecule has 1 aromatic carbocycles. The summed E-state index contributed by atoms with van der Waals surface area (Å²) in [5.74, 6) is 1.19. The third kappa shape index (κ3) is 3.31. The van der Waals surface area contributed by atoms with Crippen molar-refractivity contribution in [2.24, 2.45) is 11.7 Å². The minimum absolute atomic E-state index is 0.0924. The number of benzene rings is 1. The molecule has 1 fully saturated rings. The highest BCUT2D eigenvalue weighted by atomic mass is 32.2. The lowest BCUT2D eigenvalue weighted by Crippen LogP contribution is -2.38. The second kappa shape index (κ2) is 5.71. The predicted octanol–water partition coefficient (Wildman–Crippen LogP) is 1.33. The molecule has 0 aromatic heterocycles. The van der Waals surface area contributed by atoms with E-state index in [1.807, 2.05) is 13.8 Å². The minimum atomic E-state index is -3.52. The van der Waals surface area contributed by atoms with Gasteiger partial charge in [-0.05, 0) is 55.9 Å². The van der Waals surface area contributed by atoms with Gasteiger partial charge in [0.15, 0.2) is 0 Å². The van der Waals surface area contributed by atoms with Crippen molar-refractivity contribution in [3.8, 4) is 5.75 Å². The second-order valence-corrected chi connectivity index (χ2v) is 7.21. The Morgan fingerprint density at radius 1 is 1.35 bits per heavy atom. The van der Waals surface area contributed by atoms with Crippen LogP contribution < -0.4 is 15.2 Å². The van der Waals surface area contributed by atoms with Gasteiger partial charge in [-0.2, -0.15) is 0 Å². The molecule has 20 heavy (non-hydrogen) atoms. The lowest BCUT2D eigenvalue weighted by molar-refractivity contribution is 0.408. The molecular formula is C14H22N2O3S. The van der Waals surface area contributed by atoms with E-state index >= 15 is 0 Å². The molecule has 0 heterocycles. The van der Waals surface area contributed by atoms with E-state index in [2.05, 4.69) is 4.72 Å². The fourth-order valence-corrected chi connectivity index (χ4v) is 3.61. The number of hydrogen-bond acceptors (Lipinski definition) is 4. The Labute approximate surface area is 120 Å². The van der Waals surface area contributed by atoms with Crippen molar-refractivity contribution in [2.45, 2.75) is 37.6 Å². The standard InChI is InChI=1S/C14H22N2O3S/c1-9-6-12(7-10(2)14(9)19-3)20(17,18)16-8-13(15)11-4-5-11/h6-7,11,13,16H,4-5,8,15H2,1-3H3. The van der Waals surface area contributed by atoms with Gasteiger partial charge in [0.1, 0.15) is 5.75 Å². The molecule has 2 rings (SSSR count). The molecule has 0 radical (unpaired) electrons. The molecule has 1 aromatic rings. The zero-order valence-electron chi connectivity index (χ0n) is 12.1. The highest BCUT2D eigenvalue weighted by molar-refractivity contribution is 7.89. The Balaban J connectivity index is 2.16. The van der Waals surface area contributed by atoms with Gasteiger partial charge in [0.05, 0.1) is 12.0 Å². The summed E-state index contributed by atoms with van der Waals surface area (Å²) in [5.41, 5.74) is 7.53. The molecule has 1 saturated carbocycles. The average Bonchev–Trinajstić information content (AvgIpc) is 3.20. The van der Waals surface area contributed by atoms with Crippen LogP contribution in [0.3, 0.4) is 0 Å². The van der Waals surface area contributed by atoms with Crippen molar-refractivity contribution >= 4 is 10.0 Å². The molecule has 3 N–H and O–H groups in total. The van der Waals surface area contributed by atoms with Gasteiger partial charge in [0, 0.05) is 12.6 Å². The number of sulfonamides is 1. The molecule has 0 aliphatic heterocycles. The van der Waals surface area contributed by atoms with Crippen LogP contribution in [0, 0.1) is 19.8 Å². The monoisotopic (exact) mass is 298 g/mol. The van der Waals surface area contributed by atoms with Crippen molar-refractivity contribution < 1.29 is 13.2 Å². The zero-order valence-corrected chi connectivity index (χ0v) is 13.0. The summed E-state index contributed by atoms with van der Waals surface area (Å²) in [6, 6.07) is 3.15. The first-order valence-electron chi connectivity index (χ1n) is 6.75. The molecule has 1 unspecified atom stereocenters. The topological polar surface area (TPSA) is 81.4 Å². The number of rotatable bonds is 6. The Morgan fingerprint density at radius 2 is 1.90 bits per heavy atom. The maximum absolute atomic E-state index is 12.3. The quantitative estimate of drug-likeness (QED) is 0.830. The van der Waals surface area contributed by atoms with Gasteiger partial charge in [0.2, 0.25) is 10.0 Å². The van der Waals surface area contributed by atoms with Gasteiger partial charge in [-0.3, -0.25) is 0 Å². The molecule has 0 amide bonds. The summed E-state index contributed by atoms with van der Waals surface area (Å²) in [7, 11) is -1.94. The van der Waals surface area contributed by atoms with Crippen LogP contribution in [0.15, 0.2) is 17.0 Å². The van der Waals surface area contributed by atoms with Gasteiger partial charge < -0.3 is 10.5 Å². The summed E-state index contributed by atoms with van der Waals surface area (Å²) in [5, 5.41) is 0. The van der Waals surface area contributed by atoms with Crippen LogP contribution in [-0.4, -0.2) is 28.1 Å². The fraction of sp³-hybridized carbons (Fsp3) is 0.571. The lowest BCUT2D eigenvalue weighted by Gasteiger charge is -2.14. The Kier molecular flexibility index (Phi) is 4.36. The van der Waals surface area contributed by atoms with Crippen LogP contribution in [0.5, 0.6) is 5.75 Å². The predicted molar refractivity (Wildman–Crippen MR) is 78.4 cm³/mol. The first-order chi connectivity index (χ1) is 9.35. The number of nitrogens with two attached hydrogens (primary N) is 1. The molecule has 112 valence electrons. The third-order valence-electron chi connectivity index (χ3n) is 3.68. The number of ether oxygens (including phenoxy) is 1. The first-order valence-corrected chi connectivity index (χ1v) is 8.24. The lowest BCUT2D eigenvalue weighted by atomic mass is 10.1. The van der Waals surface area contributed by atoms with E-state index in [4.69, 9.17) is 10.5 Å². The molecule has 0 saturated heterocycles. The van der Waals surface area contributed by atoms with Crippen LogP contribution in [0.4, 0.5) is 0 Å². The number of aryl methyl sites for hydroxylation is 2. The number of hydrogen-bond donors (Lipinski definition) is 2. The summed E-state index contributed by atoms with van der Waals surface area (Å²) in [4.78, 5) is 0.260. The molecule has 0 bridgehead atoms. The van der Waals surface area contributed by atoms with E-state index in [0.29, 0.717) is 5.92 Å². The van der Waals surface area contributed by atoms with Crippen molar-refractivity contribution in [2.75, 3.05) is 13.7 Å². The smallest absolute Gasteiger partial charge is 0.240 e. The Hall–Kier alpha value is -1.11. The molecule has 1 aliphatic carbocycles. The fourth-order valence-electron chi connectivity index (χ4n) is 2.37. The maximum Gasteiger partial charge on any atom is 0.240 e. The normalized spacial score (nSPS) is 17.0. The molecule has 5 nitrogen and oxygen atoms in total. The van der Waals surface area contributed by atoms with E-state index in [0.717, 1.165) is 29.7 Å². The Bertz CT molecular complexity index is 571. The van der Waals surface area contributed by atoms with E-state index in [1.165, 1.54) is 0 Å². The van der Waals surface area contributed by atoms with Crippen molar-refractivity contribution in [3.63, 3.8) is 0 Å². The van der Waals surface area contributed by atoms with E-state index < -0.39 is 10.0 Å². The minimum Gasteiger partial charge on any atom is -0.496 e. The second-order valence-electron chi connectivity index (χ2n) is 5.44. The molecular weight excluding hydrogens is 276 g/mol. The summed E-state index contributed by atoms with van der Waals surface area (Å²) in [6.45, 7) is 3.96. The SMILES string of the molecule is COc1c(C)cc(S(=O)(=O)NCC(N)C2CC2)cc1C. The maximum atomic E-state index is 12.3. The molecule has 0 spiro atoms. The van der Waals surface area contributed by atoms with Crippen LogP contribution in [0.25, 0.3) is 0 Å². The van der Waals surface area contributed by atoms with Gasteiger partial charge in [0.25, 0.3) is 0 Å². The summed E-state index contributed by atoms with van der Waals surface area (Å²) in [6.07, 6.45) is 2.20. The summed E-state index contributed by atoms with van der Waals surface area (Å²) >= 11 is 0. The Morgan fingerprint density at radius 3 is 2.35 bits per heavy atom. The van der Waals surface area contributed by atoms with E-state index in [-0.39, 0.29) is 17.5 Å². The van der Waals surface area contributed by atoms with Crippen LogP contribution in [0.1, 0.15) is 24.0 Å². The first kappa shape index (κ1) is 15.3. The zero-order chi connectivity index (χ0) is 14.9. The van der Waals surface area contributed by atoms with Crippen molar-refractivity contribution in [1.82, 2.24) is 4.72 Å². The van der Waals surface area contributed by atoms with Crippen molar-refractivity contribution in [3.05, 3.63) is 23.3 Å². The molecule has 1 aliphatic rings. The van der Waals surface area contributed by atoms with Crippen molar-refractivity contribution in [1.29, 1.82) is 0 Å². The molecule has 6 heteroatoms. The highest BCUT2D eigenvalue weighted by Gasteiger charge is 2.29.